The molecular formula is C24H45NO3S. The van der Waals surface area contributed by atoms with Crippen molar-refractivity contribution in [2.24, 2.45) is 29.6 Å². The van der Waals surface area contributed by atoms with Gasteiger partial charge < -0.3 is 9.64 Å². The van der Waals surface area contributed by atoms with Crippen LogP contribution in [0, 0.1) is 29.6 Å². The Morgan fingerprint density at radius 2 is 1.62 bits per heavy atom. The highest BCUT2D eigenvalue weighted by Gasteiger charge is 2.33. The van der Waals surface area contributed by atoms with Crippen LogP contribution < -0.4 is 0 Å². The Hall–Kier alpha value is -0.130. The summed E-state index contributed by atoms with van der Waals surface area (Å²) in [5.41, 5.74) is 0. The first-order valence-electron chi connectivity index (χ1n) is 12.3. The molecule has 0 aromatic heterocycles. The molecule has 0 N–H and O–H groups in total. The van der Waals surface area contributed by atoms with Crippen LogP contribution in [0.15, 0.2) is 0 Å². The molecule has 5 atom stereocenters. The normalized spacial score (nSPS) is 34.2. The van der Waals surface area contributed by atoms with E-state index in [1.807, 2.05) is 0 Å². The third kappa shape index (κ3) is 6.93. The molecule has 3 aliphatic rings. The molecule has 0 spiro atoms. The van der Waals surface area contributed by atoms with Crippen molar-refractivity contribution >= 4 is 9.84 Å². The molecular weight excluding hydrogens is 382 g/mol. The van der Waals surface area contributed by atoms with E-state index >= 15 is 0 Å². The maximum Gasteiger partial charge on any atom is 0.150 e. The average molecular weight is 428 g/mol. The molecule has 3 heterocycles. The number of hydrogen-bond acceptors (Lipinski definition) is 4. The van der Waals surface area contributed by atoms with Gasteiger partial charge in [0.15, 0.2) is 0 Å². The van der Waals surface area contributed by atoms with E-state index in [0.717, 1.165) is 43.6 Å². The van der Waals surface area contributed by atoms with Crippen LogP contribution in [0.4, 0.5) is 0 Å². The first-order valence-corrected chi connectivity index (χ1v) is 14.1. The van der Waals surface area contributed by atoms with Gasteiger partial charge >= 0.3 is 0 Å². The van der Waals surface area contributed by atoms with Crippen LogP contribution >= 0.6 is 0 Å². The van der Waals surface area contributed by atoms with Gasteiger partial charge in [0.2, 0.25) is 0 Å². The third-order valence-corrected chi connectivity index (χ3v) is 9.95. The van der Waals surface area contributed by atoms with Crippen molar-refractivity contribution in [2.45, 2.75) is 91.2 Å². The molecule has 3 aliphatic heterocycles. The molecule has 4 nitrogen and oxygen atoms in total. The molecule has 5 unspecified atom stereocenters. The molecule has 3 fully saturated rings. The van der Waals surface area contributed by atoms with Gasteiger partial charge in [-0.1, -0.05) is 13.8 Å². The fourth-order valence-corrected chi connectivity index (χ4v) is 7.68. The summed E-state index contributed by atoms with van der Waals surface area (Å²) in [5, 5.41) is 0. The molecule has 0 aromatic rings. The summed E-state index contributed by atoms with van der Waals surface area (Å²) in [6.07, 6.45) is 9.75. The first kappa shape index (κ1) is 23.5. The summed E-state index contributed by atoms with van der Waals surface area (Å²) in [4.78, 5) is 2.67. The second kappa shape index (κ2) is 10.5. The molecule has 0 aliphatic carbocycles. The minimum atomic E-state index is -2.76. The summed E-state index contributed by atoms with van der Waals surface area (Å²) in [5.74, 6) is 4.36. The first-order chi connectivity index (χ1) is 13.7. The molecule has 0 saturated carbocycles. The molecule has 0 amide bonds. The lowest BCUT2D eigenvalue weighted by molar-refractivity contribution is -0.0385. The zero-order valence-corrected chi connectivity index (χ0v) is 20.1. The van der Waals surface area contributed by atoms with Crippen LogP contribution in [0.3, 0.4) is 0 Å². The lowest BCUT2D eigenvalue weighted by Gasteiger charge is -2.39. The maximum atomic E-state index is 11.7. The van der Waals surface area contributed by atoms with Gasteiger partial charge in [-0.3, -0.25) is 0 Å². The van der Waals surface area contributed by atoms with Crippen LogP contribution in [-0.2, 0) is 14.6 Å². The fraction of sp³-hybridized carbons (Fsp3) is 1.00. The highest BCUT2D eigenvalue weighted by atomic mass is 32.2. The molecule has 3 rings (SSSR count). The standard InChI is InChI=1S/C24H45NO3S/c1-18(2)25-10-5-6-21(17-25)14-19(3)23-7-11-28-24(16-23)15-20(4)22-8-12-29(26,27)13-9-22/h18-24H,5-17H2,1-4H3. The van der Waals surface area contributed by atoms with E-state index in [4.69, 9.17) is 4.74 Å². The quantitative estimate of drug-likeness (QED) is 0.587. The van der Waals surface area contributed by atoms with Crippen molar-refractivity contribution in [2.75, 3.05) is 31.2 Å². The summed E-state index contributed by atoms with van der Waals surface area (Å²) in [6.45, 7) is 12.9. The second-order valence-electron chi connectivity index (χ2n) is 10.8. The minimum Gasteiger partial charge on any atom is -0.378 e. The molecule has 0 aromatic carbocycles. The number of sulfone groups is 1. The fourth-order valence-electron chi connectivity index (χ4n) is 6.15. The number of nitrogens with zero attached hydrogens (tertiary/aromatic N) is 1. The molecule has 0 radical (unpaired) electrons. The summed E-state index contributed by atoms with van der Waals surface area (Å²) < 4.78 is 29.6. The van der Waals surface area contributed by atoms with Crippen molar-refractivity contribution < 1.29 is 13.2 Å². The van der Waals surface area contributed by atoms with Crippen molar-refractivity contribution in [1.82, 2.24) is 4.90 Å². The molecule has 29 heavy (non-hydrogen) atoms. The summed E-state index contributed by atoms with van der Waals surface area (Å²) in [7, 11) is -2.76. The SMILES string of the molecule is CC(CC1CC(C(C)CC2CCCN(C(C)C)C2)CCO1)C1CCS(=O)(=O)CC1. The van der Waals surface area contributed by atoms with Gasteiger partial charge in [-0.05, 0) is 101 Å². The van der Waals surface area contributed by atoms with Crippen molar-refractivity contribution in [3.05, 3.63) is 0 Å². The largest absolute Gasteiger partial charge is 0.378 e. The van der Waals surface area contributed by atoms with Crippen LogP contribution in [-0.4, -0.2) is 56.7 Å². The lowest BCUT2D eigenvalue weighted by Crippen LogP contribution is -2.41. The van der Waals surface area contributed by atoms with Crippen molar-refractivity contribution in [3.8, 4) is 0 Å². The maximum absolute atomic E-state index is 11.7. The lowest BCUT2D eigenvalue weighted by atomic mass is 9.76. The van der Waals surface area contributed by atoms with Gasteiger partial charge in [0, 0.05) is 19.2 Å². The van der Waals surface area contributed by atoms with E-state index in [9.17, 15) is 8.42 Å². The summed E-state index contributed by atoms with van der Waals surface area (Å²) in [6, 6.07) is 0.678. The van der Waals surface area contributed by atoms with Gasteiger partial charge in [0.05, 0.1) is 17.6 Å². The Labute approximate surface area is 180 Å². The molecule has 170 valence electrons. The number of hydrogen-bond donors (Lipinski definition) is 0. The van der Waals surface area contributed by atoms with Crippen LogP contribution in [0.1, 0.15) is 79.1 Å². The second-order valence-corrected chi connectivity index (χ2v) is 13.1. The molecule has 3 saturated heterocycles. The van der Waals surface area contributed by atoms with E-state index in [0.29, 0.717) is 35.5 Å². The number of ether oxygens (including phenoxy) is 1. The predicted octanol–water partition coefficient (Wildman–Crippen LogP) is 4.78. The van der Waals surface area contributed by atoms with Gasteiger partial charge in [-0.2, -0.15) is 0 Å². The monoisotopic (exact) mass is 427 g/mol. The zero-order valence-electron chi connectivity index (χ0n) is 19.3. The highest BCUT2D eigenvalue weighted by molar-refractivity contribution is 7.91. The Bertz CT molecular complexity index is 591. The number of piperidine rings is 1. The van der Waals surface area contributed by atoms with E-state index in [2.05, 4.69) is 32.6 Å². The zero-order chi connectivity index (χ0) is 21.0. The van der Waals surface area contributed by atoms with Gasteiger partial charge in [-0.15, -0.1) is 0 Å². The smallest absolute Gasteiger partial charge is 0.150 e. The predicted molar refractivity (Wildman–Crippen MR) is 121 cm³/mol. The van der Waals surface area contributed by atoms with Gasteiger partial charge in [0.1, 0.15) is 9.84 Å². The Kier molecular flexibility index (Phi) is 8.48. The minimum absolute atomic E-state index is 0.378. The van der Waals surface area contributed by atoms with E-state index in [-0.39, 0.29) is 0 Å². The van der Waals surface area contributed by atoms with Crippen LogP contribution in [0.2, 0.25) is 0 Å². The van der Waals surface area contributed by atoms with E-state index in [1.54, 1.807) is 0 Å². The van der Waals surface area contributed by atoms with Crippen molar-refractivity contribution in [1.29, 1.82) is 0 Å². The van der Waals surface area contributed by atoms with Crippen molar-refractivity contribution in [3.63, 3.8) is 0 Å². The number of likely N-dealkylation sites (tertiary alicyclic amines) is 1. The highest BCUT2D eigenvalue weighted by Crippen LogP contribution is 2.37. The van der Waals surface area contributed by atoms with Crippen LogP contribution in [0.5, 0.6) is 0 Å². The Morgan fingerprint density at radius 3 is 2.31 bits per heavy atom. The number of rotatable bonds is 7. The Morgan fingerprint density at radius 1 is 0.931 bits per heavy atom. The average Bonchev–Trinajstić information content (AvgIpc) is 2.68. The topological polar surface area (TPSA) is 46.6 Å². The van der Waals surface area contributed by atoms with Crippen LogP contribution in [0.25, 0.3) is 0 Å². The van der Waals surface area contributed by atoms with Gasteiger partial charge in [-0.25, -0.2) is 8.42 Å². The van der Waals surface area contributed by atoms with Gasteiger partial charge in [0.25, 0.3) is 0 Å². The molecule has 5 heteroatoms. The van der Waals surface area contributed by atoms with E-state index in [1.165, 1.54) is 45.2 Å². The molecule has 0 bridgehead atoms. The third-order valence-electron chi connectivity index (χ3n) is 8.24. The summed E-state index contributed by atoms with van der Waals surface area (Å²) >= 11 is 0. The van der Waals surface area contributed by atoms with E-state index < -0.39 is 9.84 Å². The Balaban J connectivity index is 1.44.